The zero-order valence-corrected chi connectivity index (χ0v) is 19.4. The van der Waals surface area contributed by atoms with Crippen LogP contribution in [0.15, 0.2) is 70.3 Å². The van der Waals surface area contributed by atoms with Crippen LogP contribution in [0.3, 0.4) is 0 Å². The zero-order chi connectivity index (χ0) is 21.2. The molecule has 30 heavy (non-hydrogen) atoms. The summed E-state index contributed by atoms with van der Waals surface area (Å²) in [5, 5.41) is 0. The second-order valence-electron chi connectivity index (χ2n) is 6.23. The van der Waals surface area contributed by atoms with E-state index >= 15 is 0 Å². The van der Waals surface area contributed by atoms with Crippen LogP contribution in [0, 0.1) is 0 Å². The lowest BCUT2D eigenvalue weighted by Crippen LogP contribution is -2.28. The molecule has 0 saturated carbocycles. The van der Waals surface area contributed by atoms with E-state index in [0.717, 1.165) is 17.8 Å². The number of anilines is 2. The normalized spacial score (nSPS) is 15.6. The standard InChI is InChI=1S/C20H20F3N3O2S.HI/c1-3-25-17-11-10-16(29(27,28)20(21,22)23)14-18(17)26(4-2)19(25)12-13-24-15-8-6-5-7-9-15;/h5-14H,3-4H2,1-2H3;1H/b19-12+,24-13?;. The Morgan fingerprint density at radius 3 is 2.13 bits per heavy atom. The Morgan fingerprint density at radius 1 is 0.967 bits per heavy atom. The Bertz CT molecular complexity index is 1050. The first-order chi connectivity index (χ1) is 13.7. The number of para-hydroxylation sites is 1. The lowest BCUT2D eigenvalue weighted by molar-refractivity contribution is -0.0435. The SMILES string of the molecule is CCN1/C(=C\C=Nc2ccccc2)N(CC)c2cc(S(=O)(=O)C(F)(F)F)ccc21.I. The molecule has 0 amide bonds. The average molecular weight is 551 g/mol. The van der Waals surface area contributed by atoms with Crippen LogP contribution in [0.1, 0.15) is 13.8 Å². The fraction of sp³-hybridized carbons (Fsp3) is 0.250. The molecule has 1 aliphatic heterocycles. The van der Waals surface area contributed by atoms with Gasteiger partial charge >= 0.3 is 5.51 Å². The number of halogens is 4. The van der Waals surface area contributed by atoms with Crippen molar-refractivity contribution in [3.05, 3.63) is 60.4 Å². The second-order valence-corrected chi connectivity index (χ2v) is 8.17. The molecule has 2 aromatic rings. The van der Waals surface area contributed by atoms with Crippen LogP contribution in [-0.4, -0.2) is 33.2 Å². The zero-order valence-electron chi connectivity index (χ0n) is 16.3. The predicted molar refractivity (Wildman–Crippen MR) is 124 cm³/mol. The molecule has 0 fully saturated rings. The summed E-state index contributed by atoms with van der Waals surface area (Å²) in [7, 11) is -5.42. The fourth-order valence-electron chi connectivity index (χ4n) is 3.19. The van der Waals surface area contributed by atoms with E-state index in [0.29, 0.717) is 30.3 Å². The number of rotatable bonds is 5. The van der Waals surface area contributed by atoms with Crippen molar-refractivity contribution >= 4 is 57.1 Å². The first kappa shape index (κ1) is 24.2. The monoisotopic (exact) mass is 551 g/mol. The molecule has 2 aromatic carbocycles. The Hall–Kier alpha value is -2.08. The molecule has 0 aliphatic carbocycles. The first-order valence-electron chi connectivity index (χ1n) is 9.00. The van der Waals surface area contributed by atoms with E-state index in [1.165, 1.54) is 6.07 Å². The summed E-state index contributed by atoms with van der Waals surface area (Å²) in [6.07, 6.45) is 3.38. The number of nitrogens with zero attached hydrogens (tertiary/aromatic N) is 3. The molecule has 0 atom stereocenters. The van der Waals surface area contributed by atoms with Crippen LogP contribution in [-0.2, 0) is 9.84 Å². The van der Waals surface area contributed by atoms with Gasteiger partial charge in [0.2, 0.25) is 0 Å². The van der Waals surface area contributed by atoms with E-state index in [9.17, 15) is 21.6 Å². The number of hydrogen-bond donors (Lipinski definition) is 0. The maximum Gasteiger partial charge on any atom is 0.501 e. The van der Waals surface area contributed by atoms with Gasteiger partial charge in [0.05, 0.1) is 22.0 Å². The predicted octanol–water partition coefficient (Wildman–Crippen LogP) is 5.51. The third kappa shape index (κ3) is 4.48. The minimum atomic E-state index is -5.42. The van der Waals surface area contributed by atoms with Crippen molar-refractivity contribution in [2.24, 2.45) is 4.99 Å². The van der Waals surface area contributed by atoms with Crippen LogP contribution in [0.25, 0.3) is 0 Å². The van der Waals surface area contributed by atoms with Gasteiger partial charge in [-0.05, 0) is 50.3 Å². The molecular weight excluding hydrogens is 530 g/mol. The van der Waals surface area contributed by atoms with Crippen molar-refractivity contribution in [1.29, 1.82) is 0 Å². The van der Waals surface area contributed by atoms with Gasteiger partial charge in [0.25, 0.3) is 9.84 Å². The molecule has 0 saturated heterocycles. The van der Waals surface area contributed by atoms with Gasteiger partial charge in [-0.1, -0.05) is 18.2 Å². The van der Waals surface area contributed by atoms with Crippen molar-refractivity contribution in [1.82, 2.24) is 0 Å². The van der Waals surface area contributed by atoms with Gasteiger partial charge in [-0.2, -0.15) is 13.2 Å². The molecule has 0 radical (unpaired) electrons. The summed E-state index contributed by atoms with van der Waals surface area (Å²) in [5.74, 6) is 0.714. The number of benzene rings is 2. The number of aliphatic imine (C=N–C) groups is 1. The molecule has 0 aromatic heterocycles. The van der Waals surface area contributed by atoms with Gasteiger partial charge in [-0.15, -0.1) is 24.0 Å². The lowest BCUT2D eigenvalue weighted by Gasteiger charge is -2.22. The maximum absolute atomic E-state index is 13.0. The van der Waals surface area contributed by atoms with Crippen LogP contribution in [0.4, 0.5) is 30.2 Å². The lowest BCUT2D eigenvalue weighted by atomic mass is 10.2. The number of alkyl halides is 3. The number of sulfone groups is 1. The van der Waals surface area contributed by atoms with E-state index in [4.69, 9.17) is 0 Å². The third-order valence-electron chi connectivity index (χ3n) is 4.53. The molecule has 0 bridgehead atoms. The number of fused-ring (bicyclic) bond motifs is 1. The second kappa shape index (κ2) is 9.38. The minimum absolute atomic E-state index is 0. The van der Waals surface area contributed by atoms with Gasteiger partial charge in [-0.25, -0.2) is 8.42 Å². The van der Waals surface area contributed by atoms with Crippen molar-refractivity contribution in [3.8, 4) is 0 Å². The Balaban J connectivity index is 0.00000320. The van der Waals surface area contributed by atoms with Crippen LogP contribution < -0.4 is 9.80 Å². The van der Waals surface area contributed by atoms with Crippen LogP contribution >= 0.6 is 24.0 Å². The fourth-order valence-corrected chi connectivity index (χ4v) is 3.97. The maximum atomic E-state index is 13.0. The summed E-state index contributed by atoms with van der Waals surface area (Å²) in [5.41, 5.74) is -3.51. The highest BCUT2D eigenvalue weighted by Crippen LogP contribution is 2.43. The van der Waals surface area contributed by atoms with E-state index in [1.54, 1.807) is 17.2 Å². The highest BCUT2D eigenvalue weighted by atomic mass is 127. The van der Waals surface area contributed by atoms with Gasteiger partial charge in [0.15, 0.2) is 0 Å². The van der Waals surface area contributed by atoms with Crippen molar-refractivity contribution < 1.29 is 21.6 Å². The van der Waals surface area contributed by atoms with Gasteiger partial charge in [0.1, 0.15) is 5.82 Å². The summed E-state index contributed by atoms with van der Waals surface area (Å²) >= 11 is 0. The van der Waals surface area contributed by atoms with E-state index in [1.807, 2.05) is 49.1 Å². The number of hydrogen-bond acceptors (Lipinski definition) is 5. The molecule has 1 aliphatic rings. The third-order valence-corrected chi connectivity index (χ3v) is 6.02. The summed E-state index contributed by atoms with van der Waals surface area (Å²) < 4.78 is 62.5. The highest BCUT2D eigenvalue weighted by molar-refractivity contribution is 14.0. The smallest absolute Gasteiger partial charge is 0.326 e. The quantitative estimate of drug-likeness (QED) is 0.364. The molecule has 1 heterocycles. The molecule has 5 nitrogen and oxygen atoms in total. The molecule has 10 heteroatoms. The van der Waals surface area contributed by atoms with Crippen molar-refractivity contribution in [3.63, 3.8) is 0 Å². The molecule has 162 valence electrons. The largest absolute Gasteiger partial charge is 0.501 e. The van der Waals surface area contributed by atoms with Crippen molar-refractivity contribution in [2.45, 2.75) is 24.3 Å². The van der Waals surface area contributed by atoms with Crippen molar-refractivity contribution in [2.75, 3.05) is 22.9 Å². The van der Waals surface area contributed by atoms with Crippen LogP contribution in [0.5, 0.6) is 0 Å². The molecule has 0 spiro atoms. The summed E-state index contributed by atoms with van der Waals surface area (Å²) in [4.78, 5) is 7.27. The summed E-state index contributed by atoms with van der Waals surface area (Å²) in [6, 6.07) is 12.8. The average Bonchev–Trinajstić information content (AvgIpc) is 2.99. The molecule has 0 N–H and O–H groups in total. The molecular formula is C20H21F3IN3O2S. The molecule has 0 unspecified atom stereocenters. The minimum Gasteiger partial charge on any atom is -0.326 e. The van der Waals surface area contributed by atoms with E-state index < -0.39 is 20.2 Å². The highest BCUT2D eigenvalue weighted by Gasteiger charge is 2.47. The van der Waals surface area contributed by atoms with Crippen LogP contribution in [0.2, 0.25) is 0 Å². The van der Waals surface area contributed by atoms with Gasteiger partial charge in [0, 0.05) is 19.3 Å². The Kier molecular flexibility index (Phi) is 7.56. The first-order valence-corrected chi connectivity index (χ1v) is 10.5. The topological polar surface area (TPSA) is 53.0 Å². The van der Waals surface area contributed by atoms with E-state index in [2.05, 4.69) is 4.99 Å². The van der Waals surface area contributed by atoms with Gasteiger partial charge in [-0.3, -0.25) is 4.99 Å². The number of allylic oxidation sites excluding steroid dienone is 1. The Morgan fingerprint density at radius 2 is 1.57 bits per heavy atom. The van der Waals surface area contributed by atoms with E-state index in [-0.39, 0.29) is 24.0 Å². The van der Waals surface area contributed by atoms with Gasteiger partial charge < -0.3 is 9.80 Å². The summed E-state index contributed by atoms with van der Waals surface area (Å²) in [6.45, 7) is 4.76. The Labute approximate surface area is 190 Å². The molecule has 3 rings (SSSR count).